The van der Waals surface area contributed by atoms with Crippen molar-refractivity contribution < 1.29 is 19.4 Å². The topological polar surface area (TPSA) is 103 Å². The molecule has 0 fully saturated rings. The highest BCUT2D eigenvalue weighted by Crippen LogP contribution is 2.31. The van der Waals surface area contributed by atoms with E-state index in [1.807, 2.05) is 30.3 Å². The second-order valence-electron chi connectivity index (χ2n) is 7.43. The van der Waals surface area contributed by atoms with E-state index in [1.54, 1.807) is 31.4 Å². The van der Waals surface area contributed by atoms with Gasteiger partial charge in [-0.1, -0.05) is 0 Å². The van der Waals surface area contributed by atoms with Crippen LogP contribution < -0.4 is 20.3 Å². The molecule has 0 saturated heterocycles. The number of anilines is 1. The Bertz CT molecular complexity index is 1310. The molecule has 0 aliphatic rings. The molecule has 2 aromatic heterocycles. The fraction of sp³-hybridized carbons (Fsp3) is 0.208. The molecule has 8 nitrogen and oxygen atoms in total. The molecule has 0 radical (unpaired) electrons. The number of rotatable bonds is 8. The quantitative estimate of drug-likeness (QED) is 0.413. The number of carbonyl (C=O) groups is 1. The third-order valence-corrected chi connectivity index (χ3v) is 6.06. The molecule has 2 heterocycles. The summed E-state index contributed by atoms with van der Waals surface area (Å²) in [6.07, 6.45) is 0.540. The average molecular weight is 466 g/mol. The molecule has 2 aromatic carbocycles. The lowest BCUT2D eigenvalue weighted by atomic mass is 10.2. The molecule has 1 atom stereocenters. The van der Waals surface area contributed by atoms with Crippen molar-refractivity contribution in [2.75, 3.05) is 19.0 Å². The monoisotopic (exact) mass is 465 g/mol. The van der Waals surface area contributed by atoms with Gasteiger partial charge < -0.3 is 19.9 Å². The van der Waals surface area contributed by atoms with E-state index in [1.165, 1.54) is 29.2 Å². The number of ether oxygens (including phenoxy) is 2. The lowest BCUT2D eigenvalue weighted by Crippen LogP contribution is -2.30. The minimum absolute atomic E-state index is 0.00546. The first-order valence-electron chi connectivity index (χ1n) is 10.2. The molecule has 4 rings (SSSR count). The fourth-order valence-electron chi connectivity index (χ4n) is 3.28. The standard InChI is InChI=1S/C24H23N3O5S/c1-15(28)26-17-5-9-20(10-6-17)32-13-18(29)12-27-14-25-21-11-22(33-23(21)24(27)30)16-3-7-19(31-2)8-4-16/h3-11,14,18,29H,12-13H2,1-2H3,(H,26,28). The van der Waals surface area contributed by atoms with E-state index in [0.717, 1.165) is 16.2 Å². The Hall–Kier alpha value is -3.69. The van der Waals surface area contributed by atoms with Crippen LogP contribution in [0, 0.1) is 0 Å². The lowest BCUT2D eigenvalue weighted by Gasteiger charge is -2.14. The van der Waals surface area contributed by atoms with E-state index >= 15 is 0 Å². The molecule has 170 valence electrons. The molecule has 0 saturated carbocycles. The molecule has 0 aliphatic carbocycles. The summed E-state index contributed by atoms with van der Waals surface area (Å²) >= 11 is 1.37. The zero-order valence-electron chi connectivity index (χ0n) is 18.1. The number of nitrogens with zero attached hydrogens (tertiary/aromatic N) is 2. The molecule has 0 spiro atoms. The minimum atomic E-state index is -0.905. The Balaban J connectivity index is 1.43. The van der Waals surface area contributed by atoms with E-state index in [9.17, 15) is 14.7 Å². The van der Waals surface area contributed by atoms with Crippen molar-refractivity contribution in [2.24, 2.45) is 0 Å². The number of fused-ring (bicyclic) bond motifs is 1. The molecule has 0 aliphatic heterocycles. The second kappa shape index (κ2) is 9.85. The van der Waals surface area contributed by atoms with E-state index in [0.29, 0.717) is 21.7 Å². The van der Waals surface area contributed by atoms with Crippen LogP contribution in [-0.2, 0) is 11.3 Å². The predicted molar refractivity (Wildman–Crippen MR) is 128 cm³/mol. The normalized spacial score (nSPS) is 11.8. The maximum Gasteiger partial charge on any atom is 0.271 e. The summed E-state index contributed by atoms with van der Waals surface area (Å²) in [6.45, 7) is 1.50. The second-order valence-corrected chi connectivity index (χ2v) is 8.48. The van der Waals surface area contributed by atoms with Gasteiger partial charge in [0, 0.05) is 17.5 Å². The van der Waals surface area contributed by atoms with Gasteiger partial charge >= 0.3 is 0 Å². The minimum Gasteiger partial charge on any atom is -0.497 e. The van der Waals surface area contributed by atoms with Crippen LogP contribution in [0.15, 0.2) is 65.7 Å². The largest absolute Gasteiger partial charge is 0.497 e. The molecule has 9 heteroatoms. The Morgan fingerprint density at radius 2 is 1.85 bits per heavy atom. The number of methoxy groups -OCH3 is 1. The summed E-state index contributed by atoms with van der Waals surface area (Å²) in [5.74, 6) is 1.16. The van der Waals surface area contributed by atoms with Crippen LogP contribution in [0.5, 0.6) is 11.5 Å². The molecule has 33 heavy (non-hydrogen) atoms. The first kappa shape index (κ1) is 22.5. The Kier molecular flexibility index (Phi) is 6.71. The zero-order valence-corrected chi connectivity index (χ0v) is 19.0. The Morgan fingerprint density at radius 1 is 1.15 bits per heavy atom. The summed E-state index contributed by atoms with van der Waals surface area (Å²) in [5.41, 5.74) is 2.05. The van der Waals surface area contributed by atoms with Gasteiger partial charge in [-0.3, -0.25) is 14.2 Å². The maximum absolute atomic E-state index is 12.9. The number of thiophene rings is 1. The molecule has 1 amide bonds. The number of hydrogen-bond donors (Lipinski definition) is 2. The molecule has 4 aromatic rings. The van der Waals surface area contributed by atoms with E-state index in [-0.39, 0.29) is 24.6 Å². The number of aromatic nitrogens is 2. The summed E-state index contributed by atoms with van der Waals surface area (Å²) < 4.78 is 12.7. The smallest absolute Gasteiger partial charge is 0.271 e. The van der Waals surface area contributed by atoms with Crippen molar-refractivity contribution in [1.82, 2.24) is 9.55 Å². The number of aliphatic hydroxyl groups excluding tert-OH is 1. The van der Waals surface area contributed by atoms with Crippen LogP contribution in [0.1, 0.15) is 6.92 Å². The number of hydrogen-bond acceptors (Lipinski definition) is 7. The molecule has 0 bridgehead atoms. The maximum atomic E-state index is 12.9. The van der Waals surface area contributed by atoms with Crippen LogP contribution in [-0.4, -0.2) is 40.4 Å². The number of carbonyl (C=O) groups excluding carboxylic acids is 1. The van der Waals surface area contributed by atoms with Crippen molar-refractivity contribution in [1.29, 1.82) is 0 Å². The van der Waals surface area contributed by atoms with Gasteiger partial charge in [-0.2, -0.15) is 0 Å². The van der Waals surface area contributed by atoms with Crippen LogP contribution in [0.3, 0.4) is 0 Å². The number of benzene rings is 2. The summed E-state index contributed by atoms with van der Waals surface area (Å²) in [6, 6.07) is 16.3. The van der Waals surface area contributed by atoms with Crippen LogP contribution >= 0.6 is 11.3 Å². The van der Waals surface area contributed by atoms with Crippen LogP contribution in [0.25, 0.3) is 20.7 Å². The third-order valence-electron chi connectivity index (χ3n) is 4.90. The SMILES string of the molecule is COc1ccc(-c2cc3ncn(CC(O)COc4ccc(NC(C)=O)cc4)c(=O)c3s2)cc1. The van der Waals surface area contributed by atoms with E-state index in [4.69, 9.17) is 9.47 Å². The van der Waals surface area contributed by atoms with E-state index < -0.39 is 6.10 Å². The van der Waals surface area contributed by atoms with Gasteiger partial charge in [-0.25, -0.2) is 4.98 Å². The van der Waals surface area contributed by atoms with Crippen molar-refractivity contribution >= 4 is 33.1 Å². The van der Waals surface area contributed by atoms with Crippen molar-refractivity contribution in [3.63, 3.8) is 0 Å². The highest BCUT2D eigenvalue weighted by molar-refractivity contribution is 7.22. The molecular weight excluding hydrogens is 442 g/mol. The van der Waals surface area contributed by atoms with Crippen molar-refractivity contribution in [2.45, 2.75) is 19.6 Å². The van der Waals surface area contributed by atoms with Gasteiger partial charge in [-0.15, -0.1) is 11.3 Å². The number of aliphatic hydroxyl groups is 1. The first-order valence-corrected chi connectivity index (χ1v) is 11.1. The Labute approximate surface area is 194 Å². The summed E-state index contributed by atoms with van der Waals surface area (Å²) in [5, 5.41) is 13.1. The van der Waals surface area contributed by atoms with Gasteiger partial charge in [0.15, 0.2) is 0 Å². The molecule has 1 unspecified atom stereocenters. The van der Waals surface area contributed by atoms with Gasteiger partial charge in [0.05, 0.1) is 25.5 Å². The predicted octanol–water partition coefficient (Wildman–Crippen LogP) is 3.53. The van der Waals surface area contributed by atoms with Crippen molar-refractivity contribution in [3.8, 4) is 21.9 Å². The highest BCUT2D eigenvalue weighted by Gasteiger charge is 2.14. The van der Waals surface area contributed by atoms with Gasteiger partial charge in [0.25, 0.3) is 5.56 Å². The van der Waals surface area contributed by atoms with Gasteiger partial charge in [-0.05, 0) is 60.2 Å². The summed E-state index contributed by atoms with van der Waals surface area (Å²) in [7, 11) is 1.62. The van der Waals surface area contributed by atoms with Crippen LogP contribution in [0.4, 0.5) is 5.69 Å². The van der Waals surface area contributed by atoms with Crippen LogP contribution in [0.2, 0.25) is 0 Å². The van der Waals surface area contributed by atoms with Gasteiger partial charge in [0.1, 0.15) is 28.9 Å². The summed E-state index contributed by atoms with van der Waals surface area (Å²) in [4.78, 5) is 29.3. The lowest BCUT2D eigenvalue weighted by molar-refractivity contribution is -0.114. The zero-order chi connectivity index (χ0) is 23.4. The average Bonchev–Trinajstić information content (AvgIpc) is 3.25. The first-order chi connectivity index (χ1) is 15.9. The van der Waals surface area contributed by atoms with Crippen molar-refractivity contribution in [3.05, 3.63) is 71.3 Å². The highest BCUT2D eigenvalue weighted by atomic mass is 32.1. The number of nitrogens with one attached hydrogen (secondary N) is 1. The van der Waals surface area contributed by atoms with Gasteiger partial charge in [0.2, 0.25) is 5.91 Å². The fourth-order valence-corrected chi connectivity index (χ4v) is 4.35. The number of amides is 1. The van der Waals surface area contributed by atoms with E-state index in [2.05, 4.69) is 10.3 Å². The third kappa shape index (κ3) is 5.39. The molecule has 2 N–H and O–H groups in total. The Morgan fingerprint density at radius 3 is 2.52 bits per heavy atom. The molecular formula is C24H23N3O5S.